The lowest BCUT2D eigenvalue weighted by Crippen LogP contribution is -2.24. The molecule has 0 aliphatic carbocycles. The summed E-state index contributed by atoms with van der Waals surface area (Å²) >= 11 is 0. The molecule has 0 aliphatic heterocycles. The van der Waals surface area contributed by atoms with Gasteiger partial charge in [0.25, 0.3) is 0 Å². The maximum Gasteiger partial charge on any atom is 0.171 e. The zero-order valence-electron chi connectivity index (χ0n) is 24.0. The molecular weight excluding hydrogens is 553 g/mol. The molecule has 1 aromatic heterocycles. The highest BCUT2D eigenvalue weighted by molar-refractivity contribution is 7.85. The van der Waals surface area contributed by atoms with Gasteiger partial charge in [0.1, 0.15) is 0 Å². The quantitative estimate of drug-likeness (QED) is 0.150. The maximum absolute atomic E-state index is 14.8. The summed E-state index contributed by atoms with van der Waals surface area (Å²) in [5.41, 5.74) is 5.24. The molecule has 0 saturated carbocycles. The van der Waals surface area contributed by atoms with Gasteiger partial charge in [-0.15, -0.1) is 0 Å². The van der Waals surface area contributed by atoms with E-state index in [0.717, 1.165) is 49.2 Å². The molecule has 0 bridgehead atoms. The molecule has 0 saturated heterocycles. The molecule has 2 nitrogen and oxygen atoms in total. The van der Waals surface area contributed by atoms with E-state index < -0.39 is 7.14 Å². The van der Waals surface area contributed by atoms with E-state index >= 15 is 0 Å². The molecule has 8 aromatic rings. The Kier molecular flexibility index (Phi) is 6.44. The first-order valence-electron chi connectivity index (χ1n) is 14.8. The van der Waals surface area contributed by atoms with E-state index in [1.807, 2.05) is 78.9 Å². The number of pyridine rings is 1. The van der Waals surface area contributed by atoms with Gasteiger partial charge in [-0.1, -0.05) is 164 Å². The largest absolute Gasteiger partial charge is 0.309 e. The molecule has 1 heterocycles. The fraction of sp³-hybridized carbons (Fsp3) is 0. The molecular formula is C41H28NOP. The van der Waals surface area contributed by atoms with Crippen molar-refractivity contribution in [1.82, 2.24) is 4.98 Å². The topological polar surface area (TPSA) is 30.0 Å². The van der Waals surface area contributed by atoms with Crippen LogP contribution in [0.3, 0.4) is 0 Å². The van der Waals surface area contributed by atoms with Gasteiger partial charge >= 0.3 is 0 Å². The van der Waals surface area contributed by atoms with Crippen LogP contribution in [0.4, 0.5) is 0 Å². The average molecular weight is 582 g/mol. The highest BCUT2D eigenvalue weighted by Crippen LogP contribution is 2.43. The number of nitrogens with zero attached hydrogens (tertiary/aromatic N) is 1. The lowest BCUT2D eigenvalue weighted by molar-refractivity contribution is 0.592. The molecule has 0 radical (unpaired) electrons. The van der Waals surface area contributed by atoms with Crippen molar-refractivity contribution < 1.29 is 4.57 Å². The van der Waals surface area contributed by atoms with Gasteiger partial charge in [0.2, 0.25) is 0 Å². The lowest BCUT2D eigenvalue weighted by atomic mass is 9.94. The summed E-state index contributed by atoms with van der Waals surface area (Å²) in [6.45, 7) is 0. The van der Waals surface area contributed by atoms with Crippen molar-refractivity contribution in [2.75, 3.05) is 0 Å². The van der Waals surface area contributed by atoms with Crippen molar-refractivity contribution >= 4 is 55.5 Å². The number of fused-ring (bicyclic) bond motifs is 5. The number of rotatable bonds is 5. The molecule has 0 fully saturated rings. The third-order valence-corrected chi connectivity index (χ3v) is 11.6. The van der Waals surface area contributed by atoms with E-state index in [9.17, 15) is 4.57 Å². The third kappa shape index (κ3) is 4.35. The number of hydrogen-bond donors (Lipinski definition) is 0. The molecule has 0 aliphatic rings. The molecule has 208 valence electrons. The van der Waals surface area contributed by atoms with E-state index in [-0.39, 0.29) is 0 Å². The molecule has 7 aromatic carbocycles. The summed E-state index contributed by atoms with van der Waals surface area (Å²) < 4.78 is 14.8. The fourth-order valence-electron chi connectivity index (χ4n) is 6.34. The summed E-state index contributed by atoms with van der Waals surface area (Å²) in [7, 11) is -3.01. The van der Waals surface area contributed by atoms with Crippen molar-refractivity contribution in [2.45, 2.75) is 0 Å². The predicted molar refractivity (Wildman–Crippen MR) is 187 cm³/mol. The van der Waals surface area contributed by atoms with Crippen molar-refractivity contribution in [1.29, 1.82) is 0 Å². The van der Waals surface area contributed by atoms with Gasteiger partial charge < -0.3 is 4.57 Å². The van der Waals surface area contributed by atoms with Crippen molar-refractivity contribution in [3.63, 3.8) is 0 Å². The van der Waals surface area contributed by atoms with E-state index in [0.29, 0.717) is 0 Å². The van der Waals surface area contributed by atoms with Crippen molar-refractivity contribution in [3.8, 4) is 22.4 Å². The molecule has 0 spiro atoms. The first-order valence-corrected chi connectivity index (χ1v) is 16.5. The molecule has 3 heteroatoms. The van der Waals surface area contributed by atoms with Crippen molar-refractivity contribution in [3.05, 3.63) is 170 Å². The Bertz CT molecular complexity index is 2290. The van der Waals surface area contributed by atoms with Gasteiger partial charge in [-0.2, -0.15) is 0 Å². The summed E-state index contributed by atoms with van der Waals surface area (Å²) in [4.78, 5) is 5.19. The minimum absolute atomic E-state index is 0.828. The number of hydrogen-bond acceptors (Lipinski definition) is 2. The highest BCUT2D eigenvalue weighted by Gasteiger charge is 2.29. The first kappa shape index (κ1) is 26.3. The number of aromatic nitrogens is 1. The van der Waals surface area contributed by atoms with E-state index in [1.54, 1.807) is 0 Å². The minimum atomic E-state index is -3.01. The standard InChI is InChI=1S/C41H28NOP/c43-44(33-12-3-1-4-13-33,34-14-5-2-6-15-34)35-26-23-30(24-27-35)29-19-21-32(22-20-29)41-40-36-16-8-7-11-31(36)25-28-38(40)37-17-9-10-18-39(37)42-41/h1-28H. The fourth-order valence-corrected chi connectivity index (χ4v) is 8.99. The van der Waals surface area contributed by atoms with Crippen LogP contribution in [0.1, 0.15) is 0 Å². The number of benzene rings is 7. The third-order valence-electron chi connectivity index (χ3n) is 8.55. The molecule has 44 heavy (non-hydrogen) atoms. The van der Waals surface area contributed by atoms with Crippen LogP contribution in [0.15, 0.2) is 170 Å². The van der Waals surface area contributed by atoms with Gasteiger partial charge in [-0.05, 0) is 33.4 Å². The predicted octanol–water partition coefficient (Wildman–Crippen LogP) is 9.51. The van der Waals surface area contributed by atoms with Gasteiger partial charge in [-0.25, -0.2) is 4.98 Å². The van der Waals surface area contributed by atoms with Crippen molar-refractivity contribution in [2.24, 2.45) is 0 Å². The number of para-hydroxylation sites is 1. The van der Waals surface area contributed by atoms with Gasteiger partial charge in [0.05, 0.1) is 11.2 Å². The Hall–Kier alpha value is -5.30. The summed E-state index contributed by atoms with van der Waals surface area (Å²) in [5.74, 6) is 0. The average Bonchev–Trinajstić information content (AvgIpc) is 3.11. The highest BCUT2D eigenvalue weighted by atomic mass is 31.2. The van der Waals surface area contributed by atoms with E-state index in [1.165, 1.54) is 21.5 Å². The van der Waals surface area contributed by atoms with Crippen LogP contribution in [0.2, 0.25) is 0 Å². The Morgan fingerprint density at radius 2 is 0.886 bits per heavy atom. The second-order valence-corrected chi connectivity index (χ2v) is 13.9. The van der Waals surface area contributed by atoms with Crippen LogP contribution in [0.25, 0.3) is 54.8 Å². The molecule has 0 amide bonds. The minimum Gasteiger partial charge on any atom is -0.309 e. The van der Waals surface area contributed by atoms with Crippen LogP contribution in [-0.2, 0) is 4.57 Å². The molecule has 8 rings (SSSR count). The molecule has 0 N–H and O–H groups in total. The Morgan fingerprint density at radius 3 is 1.55 bits per heavy atom. The Labute approximate surface area is 256 Å². The zero-order chi connectivity index (χ0) is 29.5. The molecule has 0 atom stereocenters. The smallest absolute Gasteiger partial charge is 0.171 e. The maximum atomic E-state index is 14.8. The van der Waals surface area contributed by atoms with Crippen LogP contribution in [0.5, 0.6) is 0 Å². The monoisotopic (exact) mass is 581 g/mol. The van der Waals surface area contributed by atoms with Crippen LogP contribution >= 0.6 is 7.14 Å². The lowest BCUT2D eigenvalue weighted by Gasteiger charge is -2.20. The van der Waals surface area contributed by atoms with Crippen LogP contribution in [0, 0.1) is 0 Å². The van der Waals surface area contributed by atoms with E-state index in [2.05, 4.69) is 91.0 Å². The van der Waals surface area contributed by atoms with E-state index in [4.69, 9.17) is 4.98 Å². The van der Waals surface area contributed by atoms with Gasteiger partial charge in [0.15, 0.2) is 7.14 Å². The van der Waals surface area contributed by atoms with Crippen LogP contribution < -0.4 is 15.9 Å². The Morgan fingerprint density at radius 1 is 0.386 bits per heavy atom. The second kappa shape index (κ2) is 10.8. The first-order chi connectivity index (χ1) is 21.7. The van der Waals surface area contributed by atoms with Gasteiger partial charge in [0, 0.05) is 32.2 Å². The summed E-state index contributed by atoms with van der Waals surface area (Å²) in [6.07, 6.45) is 0. The Balaban J connectivity index is 1.21. The SMILES string of the molecule is O=P(c1ccccc1)(c1ccccc1)c1ccc(-c2ccc(-c3nc4ccccc4c4ccc5ccccc5c34)cc2)cc1. The molecule has 0 unspecified atom stereocenters. The van der Waals surface area contributed by atoms with Crippen LogP contribution in [-0.4, -0.2) is 4.98 Å². The summed E-state index contributed by atoms with van der Waals surface area (Å²) in [6, 6.07) is 57.8. The zero-order valence-corrected chi connectivity index (χ0v) is 24.9. The summed E-state index contributed by atoms with van der Waals surface area (Å²) in [5, 5.41) is 8.47. The second-order valence-electron chi connectivity index (χ2n) is 11.1. The normalized spacial score (nSPS) is 11.7. The van der Waals surface area contributed by atoms with Gasteiger partial charge in [-0.3, -0.25) is 0 Å².